The van der Waals surface area contributed by atoms with Gasteiger partial charge in [-0.15, -0.1) is 10.2 Å². The van der Waals surface area contributed by atoms with Crippen LogP contribution in [0.15, 0.2) is 55.7 Å². The minimum Gasteiger partial charge on any atom is -0.411 e. The lowest BCUT2D eigenvalue weighted by molar-refractivity contribution is -0.113. The van der Waals surface area contributed by atoms with Crippen molar-refractivity contribution in [2.45, 2.75) is 24.0 Å². The summed E-state index contributed by atoms with van der Waals surface area (Å²) in [4.78, 5) is 12.0. The average molecular weight is 438 g/mol. The van der Waals surface area contributed by atoms with Crippen LogP contribution in [0.25, 0.3) is 11.5 Å². The van der Waals surface area contributed by atoms with Crippen LogP contribution >= 0.6 is 11.8 Å². The van der Waals surface area contributed by atoms with Gasteiger partial charge in [0.15, 0.2) is 5.82 Å². The van der Waals surface area contributed by atoms with Crippen LogP contribution in [-0.4, -0.2) is 52.8 Å². The number of carbonyl (C=O) groups excluding carboxylic acids is 1. The molecular weight excluding hydrogens is 418 g/mol. The molecule has 154 valence electrons. The quantitative estimate of drug-likeness (QED) is 0.501. The number of rotatable bonds is 9. The van der Waals surface area contributed by atoms with Crippen molar-refractivity contribution in [3.8, 4) is 11.5 Å². The molecule has 0 spiro atoms. The summed E-state index contributed by atoms with van der Waals surface area (Å²) in [6.45, 7) is 4.32. The molecule has 0 atom stereocenters. The van der Waals surface area contributed by atoms with Crippen molar-refractivity contribution in [1.82, 2.24) is 19.7 Å². The Balaban J connectivity index is 1.69. The molecule has 3 aromatic rings. The van der Waals surface area contributed by atoms with Gasteiger partial charge in [-0.2, -0.15) is 4.31 Å². The minimum absolute atomic E-state index is 0.0326. The van der Waals surface area contributed by atoms with E-state index in [4.69, 9.17) is 4.42 Å². The summed E-state index contributed by atoms with van der Waals surface area (Å²) in [5.41, 5.74) is 0.477. The van der Waals surface area contributed by atoms with Gasteiger partial charge >= 0.3 is 0 Å². The van der Waals surface area contributed by atoms with Crippen molar-refractivity contribution in [3.63, 3.8) is 0 Å². The van der Waals surface area contributed by atoms with Crippen molar-refractivity contribution in [3.05, 3.63) is 36.6 Å². The van der Waals surface area contributed by atoms with E-state index in [9.17, 15) is 13.2 Å². The van der Waals surface area contributed by atoms with Crippen LogP contribution < -0.4 is 5.32 Å². The topological polar surface area (TPSA) is 131 Å². The lowest BCUT2D eigenvalue weighted by Crippen LogP contribution is -2.30. The van der Waals surface area contributed by atoms with Gasteiger partial charge in [-0.05, 0) is 18.2 Å². The number of carbonyl (C=O) groups is 1. The van der Waals surface area contributed by atoms with E-state index >= 15 is 0 Å². The summed E-state index contributed by atoms with van der Waals surface area (Å²) in [7, 11) is -3.60. The van der Waals surface area contributed by atoms with Gasteiger partial charge in [-0.3, -0.25) is 4.79 Å². The maximum atomic E-state index is 12.7. The normalized spacial score (nSPS) is 11.7. The number of benzene rings is 1. The van der Waals surface area contributed by atoms with Crippen LogP contribution in [0, 0.1) is 0 Å². The number of thioether (sulfide) groups is 1. The maximum absolute atomic E-state index is 12.7. The Morgan fingerprint density at radius 1 is 1.21 bits per heavy atom. The Morgan fingerprint density at radius 2 is 2.00 bits per heavy atom. The van der Waals surface area contributed by atoms with Crippen molar-refractivity contribution in [2.24, 2.45) is 0 Å². The average Bonchev–Trinajstić information content (AvgIpc) is 3.39. The molecule has 0 aliphatic rings. The predicted molar refractivity (Wildman–Crippen MR) is 106 cm³/mol. The van der Waals surface area contributed by atoms with Crippen LogP contribution in [0.5, 0.6) is 0 Å². The molecule has 0 radical (unpaired) electrons. The summed E-state index contributed by atoms with van der Waals surface area (Å²) in [6, 6.07) is 7.84. The maximum Gasteiger partial charge on any atom is 0.277 e. The van der Waals surface area contributed by atoms with E-state index in [-0.39, 0.29) is 27.7 Å². The molecule has 0 aliphatic heterocycles. The molecule has 29 heavy (non-hydrogen) atoms. The molecule has 1 amide bonds. The molecule has 2 aromatic heterocycles. The van der Waals surface area contributed by atoms with E-state index in [0.717, 1.165) is 11.8 Å². The third kappa shape index (κ3) is 5.02. The van der Waals surface area contributed by atoms with Crippen LogP contribution in [0.3, 0.4) is 0 Å². The molecule has 0 aliphatic carbocycles. The molecule has 10 nitrogen and oxygen atoms in total. The van der Waals surface area contributed by atoms with Gasteiger partial charge in [-0.1, -0.05) is 36.8 Å². The van der Waals surface area contributed by atoms with Gasteiger partial charge in [0.2, 0.25) is 21.8 Å². The molecule has 0 fully saturated rings. The summed E-state index contributed by atoms with van der Waals surface area (Å²) < 4.78 is 36.9. The number of nitrogens with one attached hydrogen (secondary N) is 1. The van der Waals surface area contributed by atoms with Crippen molar-refractivity contribution in [1.29, 1.82) is 0 Å². The number of nitrogens with zero attached hydrogens (tertiary/aromatic N) is 4. The fraction of sp³-hybridized carbons (Fsp3) is 0.294. The molecule has 1 N–H and O–H groups in total. The monoisotopic (exact) mass is 437 g/mol. The fourth-order valence-corrected chi connectivity index (χ4v) is 4.54. The Kier molecular flexibility index (Phi) is 6.67. The fourth-order valence-electron chi connectivity index (χ4n) is 2.47. The largest absolute Gasteiger partial charge is 0.411 e. The SMILES string of the molecule is CCN(CC)S(=O)(=O)c1cccc(-c2nnc(SCC(=O)Nc3ccon3)o2)c1. The van der Waals surface area contributed by atoms with E-state index in [1.165, 1.54) is 28.8 Å². The molecule has 0 unspecified atom stereocenters. The highest BCUT2D eigenvalue weighted by molar-refractivity contribution is 7.99. The first-order valence-electron chi connectivity index (χ1n) is 8.71. The number of amides is 1. The van der Waals surface area contributed by atoms with E-state index in [0.29, 0.717) is 24.5 Å². The van der Waals surface area contributed by atoms with Gasteiger partial charge < -0.3 is 14.3 Å². The first-order chi connectivity index (χ1) is 13.9. The van der Waals surface area contributed by atoms with Gasteiger partial charge in [-0.25, -0.2) is 8.42 Å². The molecule has 3 rings (SSSR count). The van der Waals surface area contributed by atoms with Crippen molar-refractivity contribution in [2.75, 3.05) is 24.2 Å². The Bertz CT molecular complexity index is 1060. The van der Waals surface area contributed by atoms with E-state index < -0.39 is 10.0 Å². The first kappa shape index (κ1) is 21.0. The van der Waals surface area contributed by atoms with Gasteiger partial charge in [0.05, 0.1) is 10.6 Å². The summed E-state index contributed by atoms with van der Waals surface area (Å²) in [6.07, 6.45) is 1.35. The van der Waals surface area contributed by atoms with E-state index in [2.05, 4.69) is 25.2 Å². The highest BCUT2D eigenvalue weighted by Gasteiger charge is 2.22. The molecule has 0 saturated heterocycles. The molecule has 1 aromatic carbocycles. The zero-order valence-corrected chi connectivity index (χ0v) is 17.4. The molecule has 0 bridgehead atoms. The highest BCUT2D eigenvalue weighted by Crippen LogP contribution is 2.26. The molecule has 0 saturated carbocycles. The second-order valence-corrected chi connectivity index (χ2v) is 8.58. The molecule has 12 heteroatoms. The van der Waals surface area contributed by atoms with E-state index in [1.807, 2.05) is 0 Å². The zero-order valence-electron chi connectivity index (χ0n) is 15.7. The second-order valence-electron chi connectivity index (χ2n) is 5.71. The van der Waals surface area contributed by atoms with Crippen molar-refractivity contribution >= 4 is 33.5 Å². The van der Waals surface area contributed by atoms with Gasteiger partial charge in [0.25, 0.3) is 5.22 Å². The standard InChI is InChI=1S/C17H19N5O5S2/c1-3-22(4-2)29(24,25)13-7-5-6-12(10-13)16-19-20-17(27-16)28-11-15(23)18-14-8-9-26-21-14/h5-10H,3-4,11H2,1-2H3,(H,18,21,23). The number of hydrogen-bond donors (Lipinski definition) is 1. The predicted octanol–water partition coefficient (Wildman–Crippen LogP) is 2.49. The highest BCUT2D eigenvalue weighted by atomic mass is 32.2. The first-order valence-corrected chi connectivity index (χ1v) is 11.1. The Hall–Kier alpha value is -2.70. The number of hydrogen-bond acceptors (Lipinski definition) is 9. The summed E-state index contributed by atoms with van der Waals surface area (Å²) >= 11 is 1.05. The smallest absolute Gasteiger partial charge is 0.277 e. The second kappa shape index (κ2) is 9.20. The molecular formula is C17H19N5O5S2. The minimum atomic E-state index is -3.60. The lowest BCUT2D eigenvalue weighted by atomic mass is 10.2. The summed E-state index contributed by atoms with van der Waals surface area (Å²) in [5, 5.41) is 14.2. The third-order valence-corrected chi connectivity index (χ3v) is 6.73. The van der Waals surface area contributed by atoms with Crippen LogP contribution in [0.4, 0.5) is 5.82 Å². The number of sulfonamides is 1. The third-order valence-electron chi connectivity index (χ3n) is 3.86. The van der Waals surface area contributed by atoms with E-state index in [1.54, 1.807) is 26.0 Å². The van der Waals surface area contributed by atoms with Gasteiger partial charge in [0, 0.05) is 24.7 Å². The van der Waals surface area contributed by atoms with Gasteiger partial charge in [0.1, 0.15) is 6.26 Å². The Morgan fingerprint density at radius 3 is 2.69 bits per heavy atom. The number of aromatic nitrogens is 3. The van der Waals surface area contributed by atoms with Crippen LogP contribution in [0.1, 0.15) is 13.8 Å². The Labute approximate surface area is 171 Å². The van der Waals surface area contributed by atoms with Crippen LogP contribution in [0.2, 0.25) is 0 Å². The van der Waals surface area contributed by atoms with Crippen molar-refractivity contribution < 1.29 is 22.2 Å². The lowest BCUT2D eigenvalue weighted by Gasteiger charge is -2.18. The number of anilines is 1. The zero-order chi connectivity index (χ0) is 20.9. The molecule has 2 heterocycles. The summed E-state index contributed by atoms with van der Waals surface area (Å²) in [5.74, 6) is 0.204. The van der Waals surface area contributed by atoms with Crippen LogP contribution in [-0.2, 0) is 14.8 Å².